The van der Waals surface area contributed by atoms with Gasteiger partial charge in [-0.25, -0.2) is 23.4 Å². The van der Waals surface area contributed by atoms with Crippen LogP contribution in [0.25, 0.3) is 11.0 Å². The van der Waals surface area contributed by atoms with E-state index in [1.807, 2.05) is 22.2 Å². The summed E-state index contributed by atoms with van der Waals surface area (Å²) in [6.45, 7) is 3.92. The van der Waals surface area contributed by atoms with Crippen LogP contribution in [0.3, 0.4) is 0 Å². The van der Waals surface area contributed by atoms with E-state index in [-0.39, 0.29) is 17.9 Å². The fraction of sp³-hybridized carbons (Fsp3) is 0.407. The van der Waals surface area contributed by atoms with Crippen LogP contribution in [0.2, 0.25) is 0 Å². The first kappa shape index (κ1) is 25.0. The molecule has 3 aromatic heterocycles. The van der Waals surface area contributed by atoms with Crippen LogP contribution in [-0.2, 0) is 17.8 Å². The Morgan fingerprint density at radius 3 is 2.71 bits per heavy atom. The third-order valence-electron chi connectivity index (χ3n) is 7.36. The number of hydrogen-bond acceptors (Lipinski definition) is 8. The van der Waals surface area contributed by atoms with E-state index in [0.29, 0.717) is 18.0 Å². The number of oxime groups is 1. The summed E-state index contributed by atoms with van der Waals surface area (Å²) in [6, 6.07) is 7.71. The predicted octanol–water partition coefficient (Wildman–Crippen LogP) is 4.79. The van der Waals surface area contributed by atoms with Crippen molar-refractivity contribution in [2.75, 3.05) is 13.1 Å². The van der Waals surface area contributed by atoms with Crippen LogP contribution in [0.4, 0.5) is 8.78 Å². The minimum atomic E-state index is -0.795. The number of benzene rings is 1. The molecule has 2 unspecified atom stereocenters. The molecule has 38 heavy (non-hydrogen) atoms. The summed E-state index contributed by atoms with van der Waals surface area (Å²) in [7, 11) is 0. The number of nitrogens with zero attached hydrogens (tertiary/aromatic N) is 6. The van der Waals surface area contributed by atoms with Crippen LogP contribution in [-0.4, -0.2) is 54.8 Å². The van der Waals surface area contributed by atoms with Gasteiger partial charge in [0.1, 0.15) is 23.6 Å². The smallest absolute Gasteiger partial charge is 0.164 e. The SMILES string of the molecule is CCc1nn(CC(O)N2CCC(c3nc(C4=NOC(c5c(F)cccc5F)C4)cs3)CC2)c2ncccc12. The molecule has 2 aliphatic rings. The molecule has 1 N–H and O–H groups in total. The zero-order valence-electron chi connectivity index (χ0n) is 20.9. The second kappa shape index (κ2) is 10.5. The van der Waals surface area contributed by atoms with Crippen molar-refractivity contribution in [1.29, 1.82) is 0 Å². The molecule has 198 valence electrons. The zero-order chi connectivity index (χ0) is 26.2. The van der Waals surface area contributed by atoms with E-state index < -0.39 is 24.0 Å². The number of halogens is 2. The molecular weight excluding hydrogens is 510 g/mol. The molecule has 1 saturated heterocycles. The van der Waals surface area contributed by atoms with Crippen molar-refractivity contribution in [2.45, 2.75) is 57.4 Å². The van der Waals surface area contributed by atoms with Crippen LogP contribution in [0.5, 0.6) is 0 Å². The molecule has 1 fully saturated rings. The summed E-state index contributed by atoms with van der Waals surface area (Å²) in [6.07, 6.45) is 3.12. The van der Waals surface area contributed by atoms with Crippen LogP contribution < -0.4 is 0 Å². The number of fused-ring (bicyclic) bond motifs is 1. The Morgan fingerprint density at radius 2 is 1.95 bits per heavy atom. The lowest BCUT2D eigenvalue weighted by molar-refractivity contribution is -0.0236. The zero-order valence-corrected chi connectivity index (χ0v) is 21.7. The van der Waals surface area contributed by atoms with Crippen molar-refractivity contribution in [2.24, 2.45) is 5.16 Å². The van der Waals surface area contributed by atoms with E-state index in [1.165, 1.54) is 18.2 Å². The molecule has 0 aliphatic carbocycles. The van der Waals surface area contributed by atoms with Gasteiger partial charge in [0.25, 0.3) is 0 Å². The van der Waals surface area contributed by atoms with Crippen molar-refractivity contribution in [3.8, 4) is 0 Å². The fourth-order valence-electron chi connectivity index (χ4n) is 5.29. The lowest BCUT2D eigenvalue weighted by Crippen LogP contribution is -2.43. The molecule has 11 heteroatoms. The maximum absolute atomic E-state index is 14.2. The number of thiazole rings is 1. The standard InChI is InChI=1S/C27H28F2N6O2S/c1-2-20-17-5-4-10-30-26(17)35(32-20)14-24(36)34-11-8-16(9-12-34)27-31-22(15-38-27)21-13-23(37-33-21)25-18(28)6-3-7-19(25)29/h3-7,10,15-16,23-24,36H,2,8-9,11-14H2,1H3. The molecule has 2 atom stereocenters. The van der Waals surface area contributed by atoms with Gasteiger partial charge in [-0.15, -0.1) is 11.3 Å². The minimum absolute atomic E-state index is 0.0996. The molecule has 1 aromatic carbocycles. The Balaban J connectivity index is 1.06. The maximum Gasteiger partial charge on any atom is 0.164 e. The monoisotopic (exact) mass is 538 g/mol. The third kappa shape index (κ3) is 4.70. The van der Waals surface area contributed by atoms with Gasteiger partial charge >= 0.3 is 0 Å². The topological polar surface area (TPSA) is 88.7 Å². The van der Waals surface area contributed by atoms with Gasteiger partial charge in [0.15, 0.2) is 11.8 Å². The Hall–Kier alpha value is -3.28. The largest absolute Gasteiger partial charge is 0.387 e. The first-order valence-electron chi connectivity index (χ1n) is 12.9. The van der Waals surface area contributed by atoms with Gasteiger partial charge in [-0.3, -0.25) is 4.90 Å². The van der Waals surface area contributed by atoms with Crippen molar-refractivity contribution in [1.82, 2.24) is 24.6 Å². The normalized spacial score (nSPS) is 19.6. The first-order chi connectivity index (χ1) is 18.5. The molecule has 8 nitrogen and oxygen atoms in total. The molecule has 2 aliphatic heterocycles. The number of aryl methyl sites for hydroxylation is 1. The number of likely N-dealkylation sites (tertiary alicyclic amines) is 1. The van der Waals surface area contributed by atoms with Gasteiger partial charge in [0.05, 0.1) is 28.5 Å². The summed E-state index contributed by atoms with van der Waals surface area (Å²) < 4.78 is 30.1. The number of aliphatic hydroxyl groups is 1. The van der Waals surface area contributed by atoms with Crippen molar-refractivity contribution < 1.29 is 18.7 Å². The van der Waals surface area contributed by atoms with Crippen LogP contribution in [0, 0.1) is 11.6 Å². The van der Waals surface area contributed by atoms with E-state index in [9.17, 15) is 13.9 Å². The van der Waals surface area contributed by atoms with E-state index in [2.05, 4.69) is 27.1 Å². The third-order valence-corrected chi connectivity index (χ3v) is 8.37. The summed E-state index contributed by atoms with van der Waals surface area (Å²) in [4.78, 5) is 16.7. The van der Waals surface area contributed by atoms with Crippen LogP contribution in [0.1, 0.15) is 60.2 Å². The molecular formula is C27H28F2N6O2S. The van der Waals surface area contributed by atoms with Crippen LogP contribution >= 0.6 is 11.3 Å². The number of piperidine rings is 1. The van der Waals surface area contributed by atoms with Gasteiger partial charge in [0.2, 0.25) is 0 Å². The Kier molecular flexibility index (Phi) is 6.89. The van der Waals surface area contributed by atoms with E-state index in [4.69, 9.17) is 9.82 Å². The number of rotatable bonds is 7. The van der Waals surface area contributed by atoms with Gasteiger partial charge in [-0.05, 0) is 43.5 Å². The Labute approximate surface area is 222 Å². The number of pyridine rings is 1. The highest BCUT2D eigenvalue weighted by Crippen LogP contribution is 2.35. The number of hydrogen-bond donors (Lipinski definition) is 1. The fourth-order valence-corrected chi connectivity index (χ4v) is 6.29. The second-order valence-corrected chi connectivity index (χ2v) is 10.6. The van der Waals surface area contributed by atoms with Gasteiger partial charge in [-0.2, -0.15) is 5.10 Å². The average Bonchev–Trinajstić information content (AvgIpc) is 3.68. The van der Waals surface area contributed by atoms with E-state index >= 15 is 0 Å². The molecule has 6 rings (SSSR count). The summed E-state index contributed by atoms with van der Waals surface area (Å²) >= 11 is 1.57. The number of aliphatic hydroxyl groups excluding tert-OH is 1. The molecule has 0 spiro atoms. The molecule has 5 heterocycles. The van der Waals surface area contributed by atoms with E-state index in [1.54, 1.807) is 17.5 Å². The average molecular weight is 539 g/mol. The van der Waals surface area contributed by atoms with Gasteiger partial charge in [0, 0.05) is 42.4 Å². The van der Waals surface area contributed by atoms with Crippen LogP contribution in [0.15, 0.2) is 47.1 Å². The maximum atomic E-state index is 14.2. The molecule has 0 radical (unpaired) electrons. The first-order valence-corrected chi connectivity index (χ1v) is 13.7. The lowest BCUT2D eigenvalue weighted by Gasteiger charge is -2.34. The Bertz CT molecular complexity index is 1460. The highest BCUT2D eigenvalue weighted by Gasteiger charge is 2.32. The quantitative estimate of drug-likeness (QED) is 0.364. The van der Waals surface area contributed by atoms with Gasteiger partial charge in [-0.1, -0.05) is 18.1 Å². The lowest BCUT2D eigenvalue weighted by atomic mass is 9.97. The number of aromatic nitrogens is 4. The Morgan fingerprint density at radius 1 is 1.16 bits per heavy atom. The van der Waals surface area contributed by atoms with Crippen molar-refractivity contribution >= 4 is 28.1 Å². The summed E-state index contributed by atoms with van der Waals surface area (Å²) in [5, 5.41) is 23.7. The minimum Gasteiger partial charge on any atom is -0.387 e. The second-order valence-electron chi connectivity index (χ2n) is 9.69. The molecule has 4 aromatic rings. The van der Waals surface area contributed by atoms with Crippen molar-refractivity contribution in [3.05, 3.63) is 75.5 Å². The molecule has 0 amide bonds. The highest BCUT2D eigenvalue weighted by molar-refractivity contribution is 7.10. The summed E-state index contributed by atoms with van der Waals surface area (Å²) in [5.41, 5.74) is 2.97. The predicted molar refractivity (Wildman–Crippen MR) is 140 cm³/mol. The molecule has 0 bridgehead atoms. The van der Waals surface area contributed by atoms with Crippen molar-refractivity contribution in [3.63, 3.8) is 0 Å². The van der Waals surface area contributed by atoms with Gasteiger partial charge < -0.3 is 9.94 Å². The molecule has 0 saturated carbocycles. The highest BCUT2D eigenvalue weighted by atomic mass is 32.1. The van der Waals surface area contributed by atoms with E-state index in [0.717, 1.165) is 54.1 Å². The summed E-state index contributed by atoms with van der Waals surface area (Å²) in [5.74, 6) is -0.997.